The van der Waals surface area contributed by atoms with Gasteiger partial charge in [-0.3, -0.25) is 0 Å². The molecule has 0 bridgehead atoms. The lowest BCUT2D eigenvalue weighted by atomic mass is 10.2. The number of hydrogen-bond donors (Lipinski definition) is 0. The van der Waals surface area contributed by atoms with Crippen LogP contribution in [0.3, 0.4) is 0 Å². The van der Waals surface area contributed by atoms with Gasteiger partial charge in [-0.15, -0.1) is 0 Å². The van der Waals surface area contributed by atoms with E-state index in [-0.39, 0.29) is 10.6 Å². The highest BCUT2D eigenvalue weighted by Gasteiger charge is 2.18. The van der Waals surface area contributed by atoms with Gasteiger partial charge in [-0.05, 0) is 6.42 Å². The number of carbonyl (C=O) groups is 2. The molecule has 5 heteroatoms. The largest absolute Gasteiger partial charge is 0.466 e. The Bertz CT molecular complexity index is 245. The van der Waals surface area contributed by atoms with E-state index in [0.29, 0.717) is 6.42 Å². The standard InChI is InChI=1S/C8H11ClO4/c1-4-5(7(10)12-2)6(9)8(11)13-3/h4H2,1-3H3/b6-5+. The van der Waals surface area contributed by atoms with Gasteiger partial charge in [-0.1, -0.05) is 18.5 Å². The van der Waals surface area contributed by atoms with E-state index in [0.717, 1.165) is 0 Å². The van der Waals surface area contributed by atoms with Crippen molar-refractivity contribution in [1.82, 2.24) is 0 Å². The number of ether oxygens (including phenoxy) is 2. The van der Waals surface area contributed by atoms with Gasteiger partial charge in [0.15, 0.2) is 0 Å². The van der Waals surface area contributed by atoms with Crippen LogP contribution in [0.4, 0.5) is 0 Å². The third-order valence-corrected chi connectivity index (χ3v) is 1.80. The molecule has 4 nitrogen and oxygen atoms in total. The van der Waals surface area contributed by atoms with Crippen molar-refractivity contribution < 1.29 is 19.1 Å². The van der Waals surface area contributed by atoms with Gasteiger partial charge >= 0.3 is 11.9 Å². The molecule has 74 valence electrons. The second-order valence-electron chi connectivity index (χ2n) is 2.13. The van der Waals surface area contributed by atoms with Crippen LogP contribution in [-0.4, -0.2) is 26.2 Å². The first-order valence-electron chi connectivity index (χ1n) is 3.63. The Morgan fingerprint density at radius 2 is 1.62 bits per heavy atom. The number of halogens is 1. The fourth-order valence-corrected chi connectivity index (χ4v) is 1.01. The summed E-state index contributed by atoms with van der Waals surface area (Å²) in [5.41, 5.74) is 0.121. The van der Waals surface area contributed by atoms with Crippen molar-refractivity contribution in [2.24, 2.45) is 0 Å². The van der Waals surface area contributed by atoms with E-state index >= 15 is 0 Å². The van der Waals surface area contributed by atoms with Crippen molar-refractivity contribution in [1.29, 1.82) is 0 Å². The smallest absolute Gasteiger partial charge is 0.350 e. The second kappa shape index (κ2) is 5.59. The molecule has 0 atom stereocenters. The molecule has 13 heavy (non-hydrogen) atoms. The summed E-state index contributed by atoms with van der Waals surface area (Å²) in [4.78, 5) is 21.9. The molecular formula is C8H11ClO4. The van der Waals surface area contributed by atoms with Crippen LogP contribution >= 0.6 is 11.6 Å². The van der Waals surface area contributed by atoms with Crippen LogP contribution < -0.4 is 0 Å². The van der Waals surface area contributed by atoms with Gasteiger partial charge in [-0.25, -0.2) is 9.59 Å². The predicted octanol–water partition coefficient (Wildman–Crippen LogP) is 1.24. The maximum Gasteiger partial charge on any atom is 0.350 e. The molecule has 0 aliphatic heterocycles. The molecule has 0 aliphatic rings. The monoisotopic (exact) mass is 206 g/mol. The SMILES string of the molecule is CC/C(C(=O)OC)=C(\Cl)C(=O)OC. The maximum atomic E-state index is 11.0. The molecule has 0 rings (SSSR count). The lowest BCUT2D eigenvalue weighted by Crippen LogP contribution is -2.11. The van der Waals surface area contributed by atoms with E-state index in [1.165, 1.54) is 14.2 Å². The van der Waals surface area contributed by atoms with E-state index in [4.69, 9.17) is 11.6 Å². The average Bonchev–Trinajstić information content (AvgIpc) is 2.17. The highest BCUT2D eigenvalue weighted by atomic mass is 35.5. The number of rotatable bonds is 3. The second-order valence-corrected chi connectivity index (χ2v) is 2.51. The van der Waals surface area contributed by atoms with Gasteiger partial charge in [0.05, 0.1) is 19.8 Å². The topological polar surface area (TPSA) is 52.6 Å². The van der Waals surface area contributed by atoms with E-state index in [9.17, 15) is 9.59 Å². The fourth-order valence-electron chi connectivity index (χ4n) is 0.725. The molecule has 0 saturated heterocycles. The molecular weight excluding hydrogens is 196 g/mol. The number of esters is 2. The molecule has 0 radical (unpaired) electrons. The summed E-state index contributed by atoms with van der Waals surface area (Å²) in [6.45, 7) is 1.69. The highest BCUT2D eigenvalue weighted by Crippen LogP contribution is 2.15. The van der Waals surface area contributed by atoms with Crippen LogP contribution in [-0.2, 0) is 19.1 Å². The lowest BCUT2D eigenvalue weighted by molar-refractivity contribution is -0.138. The van der Waals surface area contributed by atoms with Crippen molar-refractivity contribution in [2.45, 2.75) is 13.3 Å². The van der Waals surface area contributed by atoms with E-state index in [1.807, 2.05) is 0 Å². The molecule has 0 unspecified atom stereocenters. The number of carbonyl (C=O) groups excluding carboxylic acids is 2. The van der Waals surface area contributed by atoms with Gasteiger partial charge in [-0.2, -0.15) is 0 Å². The van der Waals surface area contributed by atoms with Gasteiger partial charge in [0.25, 0.3) is 0 Å². The van der Waals surface area contributed by atoms with Crippen LogP contribution in [0.1, 0.15) is 13.3 Å². The Morgan fingerprint density at radius 1 is 1.15 bits per heavy atom. The first kappa shape index (κ1) is 12.0. The van der Waals surface area contributed by atoms with Gasteiger partial charge in [0, 0.05) is 0 Å². The molecule has 0 saturated carbocycles. The quantitative estimate of drug-likeness (QED) is 0.515. The summed E-state index contributed by atoms with van der Waals surface area (Å²) in [5.74, 6) is -1.35. The molecule has 0 fully saturated rings. The molecule has 0 aromatic carbocycles. The zero-order valence-corrected chi connectivity index (χ0v) is 8.47. The molecule has 0 spiro atoms. The van der Waals surface area contributed by atoms with Crippen molar-refractivity contribution in [2.75, 3.05) is 14.2 Å². The summed E-state index contributed by atoms with van der Waals surface area (Å²) in [6.07, 6.45) is 0.320. The molecule has 0 aromatic rings. The van der Waals surface area contributed by atoms with E-state index < -0.39 is 11.9 Å². The van der Waals surface area contributed by atoms with Crippen molar-refractivity contribution in [3.05, 3.63) is 10.6 Å². The minimum atomic E-state index is -0.732. The normalized spacial score (nSPS) is 11.7. The number of methoxy groups -OCH3 is 2. The van der Waals surface area contributed by atoms with Crippen LogP contribution in [0.25, 0.3) is 0 Å². The zero-order valence-electron chi connectivity index (χ0n) is 7.72. The Kier molecular flexibility index (Phi) is 5.14. The Labute approximate surface area is 81.5 Å². The van der Waals surface area contributed by atoms with Gasteiger partial charge in [0.2, 0.25) is 0 Å². The Balaban J connectivity index is 4.89. The Morgan fingerprint density at radius 3 is 1.92 bits per heavy atom. The van der Waals surface area contributed by atoms with Crippen LogP contribution in [0.15, 0.2) is 10.6 Å². The third-order valence-electron chi connectivity index (χ3n) is 1.41. The summed E-state index contributed by atoms with van der Waals surface area (Å²) >= 11 is 5.58. The van der Waals surface area contributed by atoms with Crippen LogP contribution in [0.2, 0.25) is 0 Å². The van der Waals surface area contributed by atoms with Gasteiger partial charge < -0.3 is 9.47 Å². The molecule has 0 heterocycles. The van der Waals surface area contributed by atoms with E-state index in [1.54, 1.807) is 6.92 Å². The van der Waals surface area contributed by atoms with E-state index in [2.05, 4.69) is 9.47 Å². The predicted molar refractivity (Wildman–Crippen MR) is 47.2 cm³/mol. The third kappa shape index (κ3) is 3.06. The lowest BCUT2D eigenvalue weighted by Gasteiger charge is -2.04. The molecule has 0 aromatic heterocycles. The minimum absolute atomic E-state index is 0.121. The summed E-state index contributed by atoms with van der Waals surface area (Å²) in [5, 5.41) is -0.225. The maximum absolute atomic E-state index is 11.0. The van der Waals surface area contributed by atoms with Crippen LogP contribution in [0.5, 0.6) is 0 Å². The number of hydrogen-bond acceptors (Lipinski definition) is 4. The van der Waals surface area contributed by atoms with Crippen LogP contribution in [0, 0.1) is 0 Å². The molecule has 0 aliphatic carbocycles. The first-order chi connectivity index (χ1) is 6.08. The van der Waals surface area contributed by atoms with Crippen molar-refractivity contribution in [3.63, 3.8) is 0 Å². The summed E-state index contributed by atoms with van der Waals surface area (Å²) in [6, 6.07) is 0. The van der Waals surface area contributed by atoms with Gasteiger partial charge in [0.1, 0.15) is 5.03 Å². The van der Waals surface area contributed by atoms with Crippen molar-refractivity contribution >= 4 is 23.5 Å². The fraction of sp³-hybridized carbons (Fsp3) is 0.500. The average molecular weight is 207 g/mol. The zero-order chi connectivity index (χ0) is 10.4. The van der Waals surface area contributed by atoms with Crippen molar-refractivity contribution in [3.8, 4) is 0 Å². The Hall–Kier alpha value is -1.03. The first-order valence-corrected chi connectivity index (χ1v) is 4.01. The summed E-state index contributed by atoms with van der Waals surface area (Å²) in [7, 11) is 2.41. The highest BCUT2D eigenvalue weighted by molar-refractivity contribution is 6.43. The summed E-state index contributed by atoms with van der Waals surface area (Å²) < 4.78 is 8.78. The molecule has 0 amide bonds. The minimum Gasteiger partial charge on any atom is -0.466 e. The molecule has 0 N–H and O–H groups in total.